The number of methoxy groups -OCH3 is 1. The van der Waals surface area contributed by atoms with Crippen molar-refractivity contribution in [2.75, 3.05) is 13.7 Å². The number of ether oxygens (including phenoxy) is 2. The van der Waals surface area contributed by atoms with Crippen LogP contribution in [-0.2, 0) is 19.7 Å². The smallest absolute Gasteiger partial charge is 0.132 e. The molecule has 1 N–H and O–H groups in total. The molecule has 2 heterocycles. The van der Waals surface area contributed by atoms with E-state index in [1.807, 2.05) is 36.4 Å². The second-order valence-corrected chi connectivity index (χ2v) is 6.05. The standard InChI is InChI=1S/C20H21N3O2/c1-24-19-11-16(25-14-15-5-3-2-4-6-15)7-8-17(19)18-13-23-10-9-21-12-20(23)22-18/h2-8,11,13,21H,9-10,12,14H2,1H3. The van der Waals surface area contributed by atoms with Gasteiger partial charge < -0.3 is 19.4 Å². The van der Waals surface area contributed by atoms with Gasteiger partial charge in [-0.05, 0) is 17.7 Å². The van der Waals surface area contributed by atoms with Crippen LogP contribution < -0.4 is 14.8 Å². The van der Waals surface area contributed by atoms with Gasteiger partial charge in [-0.25, -0.2) is 4.98 Å². The monoisotopic (exact) mass is 335 g/mol. The van der Waals surface area contributed by atoms with Crippen molar-refractivity contribution in [3.63, 3.8) is 0 Å². The molecule has 0 fully saturated rings. The third-order valence-electron chi connectivity index (χ3n) is 4.37. The Balaban J connectivity index is 1.56. The molecule has 5 heteroatoms. The molecule has 0 unspecified atom stereocenters. The van der Waals surface area contributed by atoms with Crippen LogP contribution in [0.25, 0.3) is 11.3 Å². The van der Waals surface area contributed by atoms with Gasteiger partial charge in [-0.1, -0.05) is 30.3 Å². The fraction of sp³-hybridized carbons (Fsp3) is 0.250. The van der Waals surface area contributed by atoms with Crippen LogP contribution in [-0.4, -0.2) is 23.2 Å². The fourth-order valence-corrected chi connectivity index (χ4v) is 3.03. The van der Waals surface area contributed by atoms with Gasteiger partial charge >= 0.3 is 0 Å². The van der Waals surface area contributed by atoms with Crippen molar-refractivity contribution in [2.45, 2.75) is 19.7 Å². The highest BCUT2D eigenvalue weighted by Crippen LogP contribution is 2.33. The molecule has 0 aliphatic carbocycles. The molecule has 5 nitrogen and oxygen atoms in total. The number of rotatable bonds is 5. The minimum absolute atomic E-state index is 0.536. The number of aromatic nitrogens is 2. The summed E-state index contributed by atoms with van der Waals surface area (Å²) < 4.78 is 13.7. The highest BCUT2D eigenvalue weighted by molar-refractivity contribution is 5.68. The molecule has 128 valence electrons. The van der Waals surface area contributed by atoms with Gasteiger partial charge in [0.05, 0.1) is 19.3 Å². The third-order valence-corrected chi connectivity index (χ3v) is 4.37. The summed E-state index contributed by atoms with van der Waals surface area (Å²) in [6.07, 6.45) is 2.10. The lowest BCUT2D eigenvalue weighted by Gasteiger charge is -2.13. The van der Waals surface area contributed by atoms with Crippen LogP contribution in [0, 0.1) is 0 Å². The average Bonchev–Trinajstić information content (AvgIpc) is 3.11. The number of hydrogen-bond acceptors (Lipinski definition) is 4. The quantitative estimate of drug-likeness (QED) is 0.778. The maximum atomic E-state index is 5.89. The molecule has 4 rings (SSSR count). The van der Waals surface area contributed by atoms with E-state index < -0.39 is 0 Å². The first-order valence-electron chi connectivity index (χ1n) is 8.45. The molecule has 1 aliphatic heterocycles. The van der Waals surface area contributed by atoms with Crippen molar-refractivity contribution >= 4 is 0 Å². The van der Waals surface area contributed by atoms with Gasteiger partial charge in [-0.15, -0.1) is 0 Å². The number of nitrogens with one attached hydrogen (secondary N) is 1. The Morgan fingerprint density at radius 3 is 2.84 bits per heavy atom. The first-order chi connectivity index (χ1) is 12.3. The van der Waals surface area contributed by atoms with Crippen molar-refractivity contribution < 1.29 is 9.47 Å². The van der Waals surface area contributed by atoms with E-state index in [9.17, 15) is 0 Å². The van der Waals surface area contributed by atoms with Crippen molar-refractivity contribution in [3.05, 3.63) is 66.1 Å². The van der Waals surface area contributed by atoms with Crippen LogP contribution in [0.1, 0.15) is 11.4 Å². The normalized spacial score (nSPS) is 13.3. The zero-order valence-corrected chi connectivity index (χ0v) is 14.2. The highest BCUT2D eigenvalue weighted by Gasteiger charge is 2.16. The number of nitrogens with zero attached hydrogens (tertiary/aromatic N) is 2. The average molecular weight is 335 g/mol. The van der Waals surface area contributed by atoms with E-state index >= 15 is 0 Å². The Hall–Kier alpha value is -2.79. The second kappa shape index (κ2) is 6.99. The molecule has 1 aliphatic rings. The third kappa shape index (κ3) is 3.37. The summed E-state index contributed by atoms with van der Waals surface area (Å²) in [4.78, 5) is 4.73. The van der Waals surface area contributed by atoms with Crippen LogP contribution in [0.3, 0.4) is 0 Å². The molecule has 0 atom stereocenters. The summed E-state index contributed by atoms with van der Waals surface area (Å²) in [5.74, 6) is 2.62. The first-order valence-corrected chi connectivity index (χ1v) is 8.45. The van der Waals surface area contributed by atoms with E-state index in [0.29, 0.717) is 6.61 Å². The number of imidazole rings is 1. The predicted molar refractivity (Wildman–Crippen MR) is 96.7 cm³/mol. The van der Waals surface area contributed by atoms with Crippen molar-refractivity contribution in [2.24, 2.45) is 0 Å². The summed E-state index contributed by atoms with van der Waals surface area (Å²) >= 11 is 0. The molecule has 0 radical (unpaired) electrons. The minimum atomic E-state index is 0.536. The van der Waals surface area contributed by atoms with Crippen LogP contribution in [0.2, 0.25) is 0 Å². The van der Waals surface area contributed by atoms with E-state index in [0.717, 1.165) is 53.8 Å². The minimum Gasteiger partial charge on any atom is -0.496 e. The number of hydrogen-bond donors (Lipinski definition) is 1. The Bertz CT molecular complexity index is 835. The molecule has 3 aromatic rings. The molecule has 0 spiro atoms. The van der Waals surface area contributed by atoms with Gasteiger partial charge in [-0.3, -0.25) is 0 Å². The predicted octanol–water partition coefficient (Wildman–Crippen LogP) is 3.24. The summed E-state index contributed by atoms with van der Waals surface area (Å²) in [7, 11) is 1.68. The van der Waals surface area contributed by atoms with E-state index in [1.54, 1.807) is 7.11 Å². The van der Waals surface area contributed by atoms with Gasteiger partial charge in [0.2, 0.25) is 0 Å². The Kier molecular flexibility index (Phi) is 4.39. The van der Waals surface area contributed by atoms with E-state index in [-0.39, 0.29) is 0 Å². The van der Waals surface area contributed by atoms with Crippen molar-refractivity contribution in [1.29, 1.82) is 0 Å². The maximum absolute atomic E-state index is 5.89. The zero-order valence-electron chi connectivity index (χ0n) is 14.2. The SMILES string of the molecule is COc1cc(OCc2ccccc2)ccc1-c1cn2c(n1)CNCC2. The van der Waals surface area contributed by atoms with Gasteiger partial charge in [-0.2, -0.15) is 0 Å². The van der Waals surface area contributed by atoms with Crippen molar-refractivity contribution in [1.82, 2.24) is 14.9 Å². The Labute approximate surface area is 147 Å². The molecule has 0 saturated heterocycles. The fourth-order valence-electron chi connectivity index (χ4n) is 3.03. The van der Waals surface area contributed by atoms with Gasteiger partial charge in [0.25, 0.3) is 0 Å². The van der Waals surface area contributed by atoms with Gasteiger partial charge in [0.1, 0.15) is 23.9 Å². The molecule has 0 bridgehead atoms. The number of benzene rings is 2. The van der Waals surface area contributed by atoms with Crippen LogP contribution in [0.5, 0.6) is 11.5 Å². The molecule has 1 aromatic heterocycles. The van der Waals surface area contributed by atoms with Gasteiger partial charge in [0, 0.05) is 30.9 Å². The molecule has 2 aromatic carbocycles. The summed E-state index contributed by atoms with van der Waals surface area (Å²) in [6.45, 7) is 3.27. The molecular formula is C20H21N3O2. The van der Waals surface area contributed by atoms with Crippen LogP contribution >= 0.6 is 0 Å². The molecule has 25 heavy (non-hydrogen) atoms. The Morgan fingerprint density at radius 1 is 1.16 bits per heavy atom. The summed E-state index contributed by atoms with van der Waals surface area (Å²) in [5, 5.41) is 3.34. The molecular weight excluding hydrogens is 314 g/mol. The zero-order chi connectivity index (χ0) is 17.1. The summed E-state index contributed by atoms with van der Waals surface area (Å²) in [5.41, 5.74) is 3.06. The topological polar surface area (TPSA) is 48.3 Å². The molecule has 0 saturated carbocycles. The lowest BCUT2D eigenvalue weighted by molar-refractivity contribution is 0.304. The first kappa shape index (κ1) is 15.7. The largest absolute Gasteiger partial charge is 0.496 e. The lowest BCUT2D eigenvalue weighted by atomic mass is 10.1. The van der Waals surface area contributed by atoms with Crippen molar-refractivity contribution in [3.8, 4) is 22.8 Å². The summed E-state index contributed by atoms with van der Waals surface area (Å²) in [6, 6.07) is 16.0. The van der Waals surface area contributed by atoms with E-state index in [1.165, 1.54) is 0 Å². The highest BCUT2D eigenvalue weighted by atomic mass is 16.5. The van der Waals surface area contributed by atoms with E-state index in [2.05, 4.69) is 28.2 Å². The maximum Gasteiger partial charge on any atom is 0.132 e. The van der Waals surface area contributed by atoms with Gasteiger partial charge in [0.15, 0.2) is 0 Å². The Morgan fingerprint density at radius 2 is 2.04 bits per heavy atom. The number of fused-ring (bicyclic) bond motifs is 1. The molecule has 0 amide bonds. The van der Waals surface area contributed by atoms with Crippen LogP contribution in [0.4, 0.5) is 0 Å². The van der Waals surface area contributed by atoms with Crippen LogP contribution in [0.15, 0.2) is 54.7 Å². The van der Waals surface area contributed by atoms with E-state index in [4.69, 9.17) is 14.5 Å². The second-order valence-electron chi connectivity index (χ2n) is 6.05. The lowest BCUT2D eigenvalue weighted by Crippen LogP contribution is -2.27.